The zero-order valence-electron chi connectivity index (χ0n) is 11.2. The monoisotopic (exact) mass is 255 g/mol. The number of carbonyl (C=O) groups is 2. The number of carbonyl (C=O) groups excluding carboxylic acids is 1. The van der Waals surface area contributed by atoms with Crippen molar-refractivity contribution in [2.75, 3.05) is 13.1 Å². The number of hydrogen-bond acceptors (Lipinski definition) is 3. The van der Waals surface area contributed by atoms with Gasteiger partial charge in [0.2, 0.25) is 0 Å². The molecule has 0 aromatic rings. The number of aliphatic carboxylic acids is 1. The molecule has 2 fully saturated rings. The van der Waals surface area contributed by atoms with Gasteiger partial charge < -0.3 is 14.7 Å². The summed E-state index contributed by atoms with van der Waals surface area (Å²) >= 11 is 0. The fraction of sp³-hybridized carbons (Fsp3) is 0.846. The number of amides is 1. The topological polar surface area (TPSA) is 66.8 Å². The van der Waals surface area contributed by atoms with Crippen molar-refractivity contribution < 1.29 is 19.4 Å². The predicted molar refractivity (Wildman–Crippen MR) is 65.1 cm³/mol. The Bertz CT molecular complexity index is 348. The molecule has 0 spiro atoms. The number of carboxylic acids is 1. The highest BCUT2D eigenvalue weighted by Gasteiger charge is 2.45. The minimum Gasteiger partial charge on any atom is -0.481 e. The second kappa shape index (κ2) is 4.44. The summed E-state index contributed by atoms with van der Waals surface area (Å²) < 4.78 is 5.27. The highest BCUT2D eigenvalue weighted by Crippen LogP contribution is 2.42. The second-order valence-electron chi connectivity index (χ2n) is 6.41. The highest BCUT2D eigenvalue weighted by atomic mass is 16.6. The van der Waals surface area contributed by atoms with E-state index in [1.807, 2.05) is 20.8 Å². The molecule has 102 valence electrons. The summed E-state index contributed by atoms with van der Waals surface area (Å²) in [5, 5.41) is 8.81. The van der Waals surface area contributed by atoms with Crippen molar-refractivity contribution in [1.82, 2.24) is 4.90 Å². The molecule has 18 heavy (non-hydrogen) atoms. The molecule has 0 aromatic heterocycles. The zero-order valence-corrected chi connectivity index (χ0v) is 11.2. The fourth-order valence-electron chi connectivity index (χ4n) is 2.53. The van der Waals surface area contributed by atoms with Crippen LogP contribution in [0.3, 0.4) is 0 Å². The van der Waals surface area contributed by atoms with Crippen LogP contribution in [0.5, 0.6) is 0 Å². The van der Waals surface area contributed by atoms with E-state index in [1.54, 1.807) is 4.90 Å². The number of likely N-dealkylation sites (tertiary alicyclic amines) is 1. The van der Waals surface area contributed by atoms with Gasteiger partial charge in [-0.2, -0.15) is 0 Å². The molecule has 1 saturated heterocycles. The van der Waals surface area contributed by atoms with E-state index < -0.39 is 11.6 Å². The number of nitrogens with zero attached hydrogens (tertiary/aromatic N) is 1. The van der Waals surface area contributed by atoms with E-state index in [0.29, 0.717) is 24.9 Å². The highest BCUT2D eigenvalue weighted by molar-refractivity contribution is 5.71. The summed E-state index contributed by atoms with van der Waals surface area (Å²) in [4.78, 5) is 24.1. The maximum absolute atomic E-state index is 11.7. The standard InChI is InChI=1S/C13H21NO4/c1-13(2,3)18-12(17)14-6-10(7-14)8-4-9(5-8)11(15)16/h8-10H,4-7H2,1-3H3,(H,15,16). The number of hydrogen-bond donors (Lipinski definition) is 1. The number of ether oxygens (including phenoxy) is 1. The smallest absolute Gasteiger partial charge is 0.410 e. The molecule has 1 aliphatic heterocycles. The molecule has 0 bridgehead atoms. The van der Waals surface area contributed by atoms with Crippen molar-refractivity contribution in [2.24, 2.45) is 17.8 Å². The first-order chi connectivity index (χ1) is 8.26. The first-order valence-corrected chi connectivity index (χ1v) is 6.47. The van der Waals surface area contributed by atoms with E-state index in [0.717, 1.165) is 12.8 Å². The Hall–Kier alpha value is -1.26. The average Bonchev–Trinajstić information content (AvgIpc) is 2.01. The summed E-state index contributed by atoms with van der Waals surface area (Å²) in [5.74, 6) is 0.0954. The summed E-state index contributed by atoms with van der Waals surface area (Å²) in [5.41, 5.74) is -0.451. The van der Waals surface area contributed by atoms with Crippen LogP contribution >= 0.6 is 0 Å². The second-order valence-corrected chi connectivity index (χ2v) is 6.41. The predicted octanol–water partition coefficient (Wildman–Crippen LogP) is 1.96. The molecule has 0 radical (unpaired) electrons. The molecule has 5 nitrogen and oxygen atoms in total. The van der Waals surface area contributed by atoms with Crippen LogP contribution in [0.4, 0.5) is 4.79 Å². The lowest BCUT2D eigenvalue weighted by Gasteiger charge is -2.48. The lowest BCUT2D eigenvalue weighted by Crippen LogP contribution is -2.56. The van der Waals surface area contributed by atoms with Crippen LogP contribution in [-0.2, 0) is 9.53 Å². The van der Waals surface area contributed by atoms with Gasteiger partial charge >= 0.3 is 12.1 Å². The maximum atomic E-state index is 11.7. The summed E-state index contributed by atoms with van der Waals surface area (Å²) in [6, 6.07) is 0. The Morgan fingerprint density at radius 2 is 1.72 bits per heavy atom. The van der Waals surface area contributed by atoms with E-state index in [9.17, 15) is 9.59 Å². The van der Waals surface area contributed by atoms with Crippen LogP contribution in [0.1, 0.15) is 33.6 Å². The molecular formula is C13H21NO4. The van der Waals surface area contributed by atoms with E-state index in [4.69, 9.17) is 9.84 Å². The Labute approximate surface area is 107 Å². The van der Waals surface area contributed by atoms with Gasteiger partial charge in [-0.1, -0.05) is 0 Å². The third-order valence-electron chi connectivity index (χ3n) is 3.75. The summed E-state index contributed by atoms with van der Waals surface area (Å²) in [6.07, 6.45) is 1.28. The van der Waals surface area contributed by atoms with Crippen LogP contribution in [0.25, 0.3) is 0 Å². The molecule has 5 heteroatoms. The average molecular weight is 255 g/mol. The fourth-order valence-corrected chi connectivity index (χ4v) is 2.53. The molecule has 1 amide bonds. The van der Waals surface area contributed by atoms with Gasteiger partial charge in [0, 0.05) is 13.1 Å². The van der Waals surface area contributed by atoms with Crippen LogP contribution in [0.15, 0.2) is 0 Å². The summed E-state index contributed by atoms with van der Waals surface area (Å²) in [6.45, 7) is 6.99. The minimum atomic E-state index is -0.686. The molecule has 1 N–H and O–H groups in total. The number of rotatable bonds is 2. The molecule has 2 aliphatic rings. The van der Waals surface area contributed by atoms with E-state index in [2.05, 4.69) is 0 Å². The Balaban J connectivity index is 1.69. The SMILES string of the molecule is CC(C)(C)OC(=O)N1CC(C2CC(C(=O)O)C2)C1. The zero-order chi connectivity index (χ0) is 13.5. The largest absolute Gasteiger partial charge is 0.481 e. The lowest BCUT2D eigenvalue weighted by molar-refractivity contribution is -0.148. The Kier molecular flexibility index (Phi) is 3.25. The van der Waals surface area contributed by atoms with Gasteiger partial charge in [-0.15, -0.1) is 0 Å². The van der Waals surface area contributed by atoms with Crippen molar-refractivity contribution in [3.63, 3.8) is 0 Å². The molecule has 0 aromatic carbocycles. The molecule has 1 aliphatic carbocycles. The van der Waals surface area contributed by atoms with Crippen molar-refractivity contribution >= 4 is 12.1 Å². The molecule has 1 saturated carbocycles. The van der Waals surface area contributed by atoms with Crippen molar-refractivity contribution in [3.8, 4) is 0 Å². The quantitative estimate of drug-likeness (QED) is 0.819. The van der Waals surface area contributed by atoms with Gasteiger partial charge in [0.25, 0.3) is 0 Å². The molecule has 0 unspecified atom stereocenters. The Morgan fingerprint density at radius 3 is 2.17 bits per heavy atom. The third-order valence-corrected chi connectivity index (χ3v) is 3.75. The third kappa shape index (κ3) is 2.76. The van der Waals surface area contributed by atoms with Gasteiger partial charge in [0.05, 0.1) is 5.92 Å². The Morgan fingerprint density at radius 1 is 1.17 bits per heavy atom. The van der Waals surface area contributed by atoms with Crippen molar-refractivity contribution in [2.45, 2.75) is 39.2 Å². The van der Waals surface area contributed by atoms with Gasteiger partial charge in [0.15, 0.2) is 0 Å². The minimum absolute atomic E-state index is 0.162. The van der Waals surface area contributed by atoms with Crippen LogP contribution in [0, 0.1) is 17.8 Å². The molecule has 2 rings (SSSR count). The van der Waals surface area contributed by atoms with Crippen LogP contribution in [-0.4, -0.2) is 40.8 Å². The molecular weight excluding hydrogens is 234 g/mol. The van der Waals surface area contributed by atoms with Crippen LogP contribution < -0.4 is 0 Å². The van der Waals surface area contributed by atoms with Crippen LogP contribution in [0.2, 0.25) is 0 Å². The molecule has 1 heterocycles. The first-order valence-electron chi connectivity index (χ1n) is 6.47. The lowest BCUT2D eigenvalue weighted by atomic mass is 9.66. The maximum Gasteiger partial charge on any atom is 0.410 e. The van der Waals surface area contributed by atoms with Gasteiger partial charge in [-0.25, -0.2) is 4.79 Å². The van der Waals surface area contributed by atoms with E-state index in [-0.39, 0.29) is 12.0 Å². The summed E-state index contributed by atoms with van der Waals surface area (Å²) in [7, 11) is 0. The van der Waals surface area contributed by atoms with E-state index >= 15 is 0 Å². The van der Waals surface area contributed by atoms with Gasteiger partial charge in [-0.05, 0) is 45.4 Å². The van der Waals surface area contributed by atoms with Gasteiger partial charge in [0.1, 0.15) is 5.60 Å². The number of carboxylic acid groups (broad SMARTS) is 1. The van der Waals surface area contributed by atoms with Gasteiger partial charge in [-0.3, -0.25) is 4.79 Å². The first kappa shape index (κ1) is 13.2. The molecule has 0 atom stereocenters. The van der Waals surface area contributed by atoms with Crippen molar-refractivity contribution in [3.05, 3.63) is 0 Å². The van der Waals surface area contributed by atoms with Crippen molar-refractivity contribution in [1.29, 1.82) is 0 Å². The normalized spacial score (nSPS) is 28.3. The van der Waals surface area contributed by atoms with E-state index in [1.165, 1.54) is 0 Å².